The van der Waals surface area contributed by atoms with Gasteiger partial charge in [-0.05, 0) is 33.6 Å². The quantitative estimate of drug-likeness (QED) is 0.888. The van der Waals surface area contributed by atoms with Gasteiger partial charge in [0.15, 0.2) is 0 Å². The Morgan fingerprint density at radius 2 is 1.95 bits per heavy atom. The van der Waals surface area contributed by atoms with Gasteiger partial charge in [-0.25, -0.2) is 9.97 Å². The molecule has 0 aliphatic heterocycles. The molecule has 0 atom stereocenters. The summed E-state index contributed by atoms with van der Waals surface area (Å²) in [5.74, 6) is 1.42. The Balaban J connectivity index is 2.74. The Labute approximate surface area is 117 Å². The maximum atomic E-state index is 4.60. The third-order valence-electron chi connectivity index (χ3n) is 2.86. The van der Waals surface area contributed by atoms with Gasteiger partial charge in [0.2, 0.25) is 5.95 Å². The molecule has 1 N–H and O–H groups in total. The van der Waals surface area contributed by atoms with Crippen molar-refractivity contribution in [2.45, 2.75) is 53.6 Å². The molecule has 0 aromatic carbocycles. The number of rotatable bonds is 5. The molecule has 0 bridgehead atoms. The minimum absolute atomic E-state index is 0.111. The van der Waals surface area contributed by atoms with Crippen LogP contribution in [0.25, 0.3) is 0 Å². The molecular formula is C15H28N4. The van der Waals surface area contributed by atoms with Crippen LogP contribution in [0.3, 0.4) is 0 Å². The number of aryl methyl sites for hydroxylation is 1. The van der Waals surface area contributed by atoms with Crippen molar-refractivity contribution in [2.24, 2.45) is 5.92 Å². The van der Waals surface area contributed by atoms with Gasteiger partial charge in [-0.15, -0.1) is 0 Å². The molecule has 1 heterocycles. The van der Waals surface area contributed by atoms with Crippen molar-refractivity contribution in [3.05, 3.63) is 17.5 Å². The average Bonchev–Trinajstić information content (AvgIpc) is 2.25. The minimum atomic E-state index is 0.111. The van der Waals surface area contributed by atoms with Crippen molar-refractivity contribution >= 4 is 5.95 Å². The smallest absolute Gasteiger partial charge is 0.225 e. The van der Waals surface area contributed by atoms with Gasteiger partial charge in [-0.1, -0.05) is 13.8 Å². The predicted molar refractivity (Wildman–Crippen MR) is 81.5 cm³/mol. The van der Waals surface area contributed by atoms with E-state index >= 15 is 0 Å². The van der Waals surface area contributed by atoms with Crippen LogP contribution in [0, 0.1) is 12.8 Å². The number of hydrogen-bond donors (Lipinski definition) is 1. The zero-order valence-corrected chi connectivity index (χ0v) is 13.4. The monoisotopic (exact) mass is 264 g/mol. The zero-order chi connectivity index (χ0) is 14.6. The maximum Gasteiger partial charge on any atom is 0.225 e. The molecule has 108 valence electrons. The van der Waals surface area contributed by atoms with Crippen molar-refractivity contribution in [1.82, 2.24) is 15.3 Å². The van der Waals surface area contributed by atoms with E-state index < -0.39 is 0 Å². The standard InChI is InChI=1S/C15H28N4/c1-11(2)10-19(7)14-16-8-13(12(3)18-14)9-17-15(4,5)6/h8,11,17H,9-10H2,1-7H3. The van der Waals surface area contributed by atoms with E-state index in [9.17, 15) is 0 Å². The first-order chi connectivity index (χ1) is 8.69. The van der Waals surface area contributed by atoms with E-state index in [0.29, 0.717) is 5.92 Å². The normalized spacial score (nSPS) is 12.0. The predicted octanol–water partition coefficient (Wildman–Crippen LogP) is 2.77. The van der Waals surface area contributed by atoms with Crippen LogP contribution in [0.2, 0.25) is 0 Å². The van der Waals surface area contributed by atoms with Crippen LogP contribution < -0.4 is 10.2 Å². The summed E-state index contributed by atoms with van der Waals surface area (Å²) in [7, 11) is 2.04. The van der Waals surface area contributed by atoms with E-state index in [4.69, 9.17) is 0 Å². The highest BCUT2D eigenvalue weighted by Gasteiger charge is 2.12. The molecule has 0 aliphatic carbocycles. The Morgan fingerprint density at radius 1 is 1.32 bits per heavy atom. The lowest BCUT2D eigenvalue weighted by molar-refractivity contribution is 0.423. The summed E-state index contributed by atoms with van der Waals surface area (Å²) in [5, 5.41) is 3.47. The molecule has 1 aromatic rings. The largest absolute Gasteiger partial charge is 0.344 e. The number of nitrogens with zero attached hydrogens (tertiary/aromatic N) is 3. The van der Waals surface area contributed by atoms with E-state index in [1.807, 2.05) is 20.2 Å². The molecular weight excluding hydrogens is 236 g/mol. The summed E-state index contributed by atoms with van der Waals surface area (Å²) < 4.78 is 0. The summed E-state index contributed by atoms with van der Waals surface area (Å²) in [6, 6.07) is 0. The maximum absolute atomic E-state index is 4.60. The van der Waals surface area contributed by atoms with E-state index in [1.54, 1.807) is 0 Å². The molecule has 0 unspecified atom stereocenters. The molecule has 0 fully saturated rings. The molecule has 0 aliphatic rings. The molecule has 0 saturated heterocycles. The molecule has 4 heteroatoms. The van der Waals surface area contributed by atoms with Crippen molar-refractivity contribution in [3.8, 4) is 0 Å². The van der Waals surface area contributed by atoms with Crippen LogP contribution >= 0.6 is 0 Å². The number of aromatic nitrogens is 2. The first-order valence-corrected chi connectivity index (χ1v) is 6.97. The van der Waals surface area contributed by atoms with Gasteiger partial charge >= 0.3 is 0 Å². The van der Waals surface area contributed by atoms with Crippen molar-refractivity contribution < 1.29 is 0 Å². The fourth-order valence-electron chi connectivity index (χ4n) is 1.83. The van der Waals surface area contributed by atoms with Gasteiger partial charge in [-0.2, -0.15) is 0 Å². The molecule has 4 nitrogen and oxygen atoms in total. The summed E-state index contributed by atoms with van der Waals surface area (Å²) >= 11 is 0. The summed E-state index contributed by atoms with van der Waals surface area (Å²) in [6.07, 6.45) is 1.94. The Hall–Kier alpha value is -1.16. The Kier molecular flexibility index (Phi) is 5.29. The molecule has 1 rings (SSSR count). The van der Waals surface area contributed by atoms with Crippen molar-refractivity contribution in [1.29, 1.82) is 0 Å². The molecule has 0 spiro atoms. The van der Waals surface area contributed by atoms with Gasteiger partial charge < -0.3 is 10.2 Å². The summed E-state index contributed by atoms with van der Waals surface area (Å²) in [5.41, 5.74) is 2.33. The van der Waals surface area contributed by atoms with Gasteiger partial charge in [0.05, 0.1) is 0 Å². The van der Waals surface area contributed by atoms with Crippen LogP contribution in [0.15, 0.2) is 6.20 Å². The van der Waals surface area contributed by atoms with Gasteiger partial charge in [-0.3, -0.25) is 0 Å². The Bertz CT molecular complexity index is 407. The molecule has 1 aromatic heterocycles. The number of nitrogens with one attached hydrogen (secondary N) is 1. The summed E-state index contributed by atoms with van der Waals surface area (Å²) in [4.78, 5) is 11.2. The molecule has 0 radical (unpaired) electrons. The second kappa shape index (κ2) is 6.33. The lowest BCUT2D eigenvalue weighted by atomic mass is 10.1. The minimum Gasteiger partial charge on any atom is -0.344 e. The van der Waals surface area contributed by atoms with Gasteiger partial charge in [0, 0.05) is 43.1 Å². The first kappa shape index (κ1) is 15.9. The first-order valence-electron chi connectivity index (χ1n) is 6.97. The third-order valence-corrected chi connectivity index (χ3v) is 2.86. The number of hydrogen-bond acceptors (Lipinski definition) is 4. The molecule has 0 saturated carbocycles. The van der Waals surface area contributed by atoms with Gasteiger partial charge in [0.1, 0.15) is 0 Å². The fourth-order valence-corrected chi connectivity index (χ4v) is 1.83. The van der Waals surface area contributed by atoms with Crippen LogP contribution in [0.1, 0.15) is 45.9 Å². The summed E-state index contributed by atoms with van der Waals surface area (Å²) in [6.45, 7) is 14.7. The van der Waals surface area contributed by atoms with E-state index in [-0.39, 0.29) is 5.54 Å². The highest BCUT2D eigenvalue weighted by atomic mass is 15.2. The second-order valence-corrected chi connectivity index (χ2v) is 6.66. The topological polar surface area (TPSA) is 41.1 Å². The van der Waals surface area contributed by atoms with E-state index in [2.05, 4.69) is 54.8 Å². The number of anilines is 1. The molecule has 19 heavy (non-hydrogen) atoms. The lowest BCUT2D eigenvalue weighted by Gasteiger charge is -2.22. The second-order valence-electron chi connectivity index (χ2n) is 6.66. The third kappa shape index (κ3) is 5.55. The van der Waals surface area contributed by atoms with Crippen LogP contribution in [-0.4, -0.2) is 29.1 Å². The van der Waals surface area contributed by atoms with Crippen molar-refractivity contribution in [3.63, 3.8) is 0 Å². The van der Waals surface area contributed by atoms with Gasteiger partial charge in [0.25, 0.3) is 0 Å². The highest BCUT2D eigenvalue weighted by Crippen LogP contribution is 2.12. The average molecular weight is 264 g/mol. The van der Waals surface area contributed by atoms with Crippen LogP contribution in [0.4, 0.5) is 5.95 Å². The van der Waals surface area contributed by atoms with Crippen molar-refractivity contribution in [2.75, 3.05) is 18.5 Å². The zero-order valence-electron chi connectivity index (χ0n) is 13.4. The Morgan fingerprint density at radius 3 is 2.42 bits per heavy atom. The highest BCUT2D eigenvalue weighted by molar-refractivity contribution is 5.31. The van der Waals surface area contributed by atoms with Crippen LogP contribution in [-0.2, 0) is 6.54 Å². The van der Waals surface area contributed by atoms with E-state index in [0.717, 1.165) is 30.3 Å². The molecule has 0 amide bonds. The SMILES string of the molecule is Cc1nc(N(C)CC(C)C)ncc1CNC(C)(C)C. The fraction of sp³-hybridized carbons (Fsp3) is 0.733. The van der Waals surface area contributed by atoms with Crippen LogP contribution in [0.5, 0.6) is 0 Å². The lowest BCUT2D eigenvalue weighted by Crippen LogP contribution is -2.35. The van der Waals surface area contributed by atoms with E-state index in [1.165, 1.54) is 0 Å².